The number of phenols is 1. The van der Waals surface area contributed by atoms with Gasteiger partial charge in [0.2, 0.25) is 5.89 Å². The number of rotatable bonds is 5. The number of aromatic hydroxyl groups is 1. The fourth-order valence-electron chi connectivity index (χ4n) is 1.78. The van der Waals surface area contributed by atoms with Crippen LogP contribution in [0.25, 0.3) is 0 Å². The molecule has 5 heteroatoms. The summed E-state index contributed by atoms with van der Waals surface area (Å²) >= 11 is 0. The van der Waals surface area contributed by atoms with Crippen LogP contribution in [0.4, 0.5) is 0 Å². The molecule has 18 heavy (non-hydrogen) atoms. The van der Waals surface area contributed by atoms with Crippen LogP contribution in [-0.4, -0.2) is 22.3 Å². The van der Waals surface area contributed by atoms with Crippen LogP contribution < -0.4 is 5.32 Å². The van der Waals surface area contributed by atoms with Crippen molar-refractivity contribution in [3.63, 3.8) is 0 Å². The second-order valence-electron chi connectivity index (χ2n) is 4.14. The Labute approximate surface area is 106 Å². The van der Waals surface area contributed by atoms with E-state index in [1.165, 1.54) is 0 Å². The molecule has 0 amide bonds. The van der Waals surface area contributed by atoms with Gasteiger partial charge < -0.3 is 14.9 Å². The molecule has 1 aromatic carbocycles. The van der Waals surface area contributed by atoms with Crippen molar-refractivity contribution in [3.05, 3.63) is 41.5 Å². The van der Waals surface area contributed by atoms with Crippen molar-refractivity contribution in [2.45, 2.75) is 25.8 Å². The average molecular weight is 247 g/mol. The molecule has 2 rings (SSSR count). The predicted molar refractivity (Wildman–Crippen MR) is 67.3 cm³/mol. The maximum atomic E-state index is 9.21. The van der Waals surface area contributed by atoms with E-state index in [0.29, 0.717) is 18.1 Å². The van der Waals surface area contributed by atoms with Gasteiger partial charge in [0.25, 0.3) is 0 Å². The second kappa shape index (κ2) is 5.64. The van der Waals surface area contributed by atoms with Crippen LogP contribution in [-0.2, 0) is 6.42 Å². The highest BCUT2D eigenvalue weighted by Gasteiger charge is 2.15. The van der Waals surface area contributed by atoms with E-state index in [1.54, 1.807) is 12.1 Å². The van der Waals surface area contributed by atoms with Gasteiger partial charge in [-0.2, -0.15) is 4.98 Å². The molecule has 0 aliphatic rings. The minimum atomic E-state index is 0.103. The Morgan fingerprint density at radius 1 is 1.33 bits per heavy atom. The fraction of sp³-hybridized carbons (Fsp3) is 0.385. The summed E-state index contributed by atoms with van der Waals surface area (Å²) in [5.41, 5.74) is 1.04. The third-order valence-corrected chi connectivity index (χ3v) is 2.84. The molecule has 1 atom stereocenters. The first-order valence-corrected chi connectivity index (χ1v) is 6.00. The van der Waals surface area contributed by atoms with Crippen LogP contribution in [0.3, 0.4) is 0 Å². The van der Waals surface area contributed by atoms with Crippen LogP contribution in [0.5, 0.6) is 5.75 Å². The van der Waals surface area contributed by atoms with Crippen LogP contribution in [0.2, 0.25) is 0 Å². The Kier molecular flexibility index (Phi) is 3.94. The lowest BCUT2D eigenvalue weighted by molar-refractivity contribution is 0.331. The smallest absolute Gasteiger partial charge is 0.243 e. The van der Waals surface area contributed by atoms with Gasteiger partial charge in [-0.15, -0.1) is 0 Å². The van der Waals surface area contributed by atoms with E-state index in [1.807, 2.05) is 19.2 Å². The molecule has 0 aliphatic heterocycles. The minimum absolute atomic E-state index is 0.103. The Morgan fingerprint density at radius 3 is 2.67 bits per heavy atom. The molecule has 1 heterocycles. The van der Waals surface area contributed by atoms with Gasteiger partial charge >= 0.3 is 0 Å². The SMILES string of the molecule is CCC(NC)c1nc(Cc2ccc(O)cc2)no1. The summed E-state index contributed by atoms with van der Waals surface area (Å²) in [6, 6.07) is 7.10. The third kappa shape index (κ3) is 2.87. The minimum Gasteiger partial charge on any atom is -0.508 e. The lowest BCUT2D eigenvalue weighted by Crippen LogP contribution is -2.15. The number of nitrogens with zero attached hydrogens (tertiary/aromatic N) is 2. The van der Waals surface area contributed by atoms with Crippen molar-refractivity contribution in [3.8, 4) is 5.75 Å². The summed E-state index contributed by atoms with van der Waals surface area (Å²) in [5.74, 6) is 1.53. The molecule has 0 radical (unpaired) electrons. The first-order chi connectivity index (χ1) is 8.72. The molecule has 2 aromatic rings. The molecular weight excluding hydrogens is 230 g/mol. The molecule has 0 fully saturated rings. The highest BCUT2D eigenvalue weighted by Crippen LogP contribution is 2.16. The lowest BCUT2D eigenvalue weighted by Gasteiger charge is -2.06. The number of benzene rings is 1. The molecule has 1 aromatic heterocycles. The van der Waals surface area contributed by atoms with Gasteiger partial charge in [-0.3, -0.25) is 0 Å². The largest absolute Gasteiger partial charge is 0.508 e. The number of hydrogen-bond acceptors (Lipinski definition) is 5. The molecule has 0 spiro atoms. The van der Waals surface area contributed by atoms with Gasteiger partial charge in [-0.25, -0.2) is 0 Å². The van der Waals surface area contributed by atoms with Gasteiger partial charge in [0.05, 0.1) is 6.04 Å². The van der Waals surface area contributed by atoms with Crippen molar-refractivity contribution >= 4 is 0 Å². The van der Waals surface area contributed by atoms with E-state index < -0.39 is 0 Å². The maximum absolute atomic E-state index is 9.21. The molecule has 0 bridgehead atoms. The zero-order valence-corrected chi connectivity index (χ0v) is 10.6. The van der Waals surface area contributed by atoms with Crippen molar-refractivity contribution in [2.24, 2.45) is 0 Å². The summed E-state index contributed by atoms with van der Waals surface area (Å²) in [6.45, 7) is 2.06. The van der Waals surface area contributed by atoms with Crippen LogP contribution in [0.15, 0.2) is 28.8 Å². The molecule has 0 saturated carbocycles. The Hall–Kier alpha value is -1.88. The quantitative estimate of drug-likeness (QED) is 0.846. The standard InChI is InChI=1S/C13H17N3O2/c1-3-11(14-2)13-15-12(16-18-13)8-9-4-6-10(17)7-5-9/h4-7,11,14,17H,3,8H2,1-2H3. The summed E-state index contributed by atoms with van der Waals surface area (Å²) < 4.78 is 5.23. The first kappa shape index (κ1) is 12.6. The van der Waals surface area contributed by atoms with Crippen LogP contribution >= 0.6 is 0 Å². The highest BCUT2D eigenvalue weighted by atomic mass is 16.5. The van der Waals surface area contributed by atoms with Crippen molar-refractivity contribution in [2.75, 3.05) is 7.05 Å². The Morgan fingerprint density at radius 2 is 2.06 bits per heavy atom. The molecule has 5 nitrogen and oxygen atoms in total. The molecule has 1 unspecified atom stereocenters. The predicted octanol–water partition coefficient (Wildman–Crippen LogP) is 2.04. The summed E-state index contributed by atoms with van der Waals surface area (Å²) in [5, 5.41) is 16.3. The average Bonchev–Trinajstić information content (AvgIpc) is 2.82. The van der Waals surface area contributed by atoms with Crippen LogP contribution in [0.1, 0.15) is 36.7 Å². The summed E-state index contributed by atoms with van der Waals surface area (Å²) in [7, 11) is 1.87. The van der Waals surface area contributed by atoms with E-state index in [0.717, 1.165) is 12.0 Å². The van der Waals surface area contributed by atoms with Gasteiger partial charge in [-0.05, 0) is 31.2 Å². The Balaban J connectivity index is 2.08. The first-order valence-electron chi connectivity index (χ1n) is 6.00. The van der Waals surface area contributed by atoms with E-state index in [9.17, 15) is 5.11 Å². The van der Waals surface area contributed by atoms with Gasteiger partial charge in [0.15, 0.2) is 5.82 Å². The number of nitrogens with one attached hydrogen (secondary N) is 1. The molecule has 96 valence electrons. The van der Waals surface area contributed by atoms with E-state index in [-0.39, 0.29) is 11.8 Å². The Bertz CT molecular complexity index is 489. The van der Waals surface area contributed by atoms with E-state index in [2.05, 4.69) is 22.4 Å². The van der Waals surface area contributed by atoms with Crippen molar-refractivity contribution in [1.29, 1.82) is 0 Å². The summed E-state index contributed by atoms with van der Waals surface area (Å²) in [4.78, 5) is 4.37. The van der Waals surface area contributed by atoms with E-state index >= 15 is 0 Å². The molecule has 0 saturated heterocycles. The zero-order chi connectivity index (χ0) is 13.0. The number of aromatic nitrogens is 2. The molecule has 0 aliphatic carbocycles. The zero-order valence-electron chi connectivity index (χ0n) is 10.6. The highest BCUT2D eigenvalue weighted by molar-refractivity contribution is 5.27. The fourth-order valence-corrected chi connectivity index (χ4v) is 1.78. The number of hydrogen-bond donors (Lipinski definition) is 2. The van der Waals surface area contributed by atoms with E-state index in [4.69, 9.17) is 4.52 Å². The monoisotopic (exact) mass is 247 g/mol. The van der Waals surface area contributed by atoms with Crippen LogP contribution in [0, 0.1) is 0 Å². The van der Waals surface area contributed by atoms with Crippen molar-refractivity contribution in [1.82, 2.24) is 15.5 Å². The second-order valence-corrected chi connectivity index (χ2v) is 4.14. The van der Waals surface area contributed by atoms with Gasteiger partial charge in [0.1, 0.15) is 5.75 Å². The van der Waals surface area contributed by atoms with Crippen molar-refractivity contribution < 1.29 is 9.63 Å². The topological polar surface area (TPSA) is 71.2 Å². The normalized spacial score (nSPS) is 12.6. The maximum Gasteiger partial charge on any atom is 0.243 e. The molecule has 2 N–H and O–H groups in total. The third-order valence-electron chi connectivity index (χ3n) is 2.84. The van der Waals surface area contributed by atoms with Gasteiger partial charge in [-0.1, -0.05) is 24.2 Å². The summed E-state index contributed by atoms with van der Waals surface area (Å²) in [6.07, 6.45) is 1.50. The number of phenolic OH excluding ortho intramolecular Hbond substituents is 1. The lowest BCUT2D eigenvalue weighted by atomic mass is 10.1. The van der Waals surface area contributed by atoms with Gasteiger partial charge in [0, 0.05) is 6.42 Å². The molecular formula is C13H17N3O2.